The summed E-state index contributed by atoms with van der Waals surface area (Å²) in [5.74, 6) is 2.13. The van der Waals surface area contributed by atoms with Crippen molar-refractivity contribution in [3.63, 3.8) is 0 Å². The molecule has 0 aromatic carbocycles. The molecule has 172 valence electrons. The summed E-state index contributed by atoms with van der Waals surface area (Å²) in [7, 11) is 0. The van der Waals surface area contributed by atoms with Crippen LogP contribution in [0.15, 0.2) is 55.2 Å². The second kappa shape index (κ2) is 10.2. The number of nitrogens with zero attached hydrogens (tertiary/aromatic N) is 7. The van der Waals surface area contributed by atoms with Gasteiger partial charge in [0.15, 0.2) is 5.82 Å². The van der Waals surface area contributed by atoms with Gasteiger partial charge in [0.1, 0.15) is 17.2 Å². The van der Waals surface area contributed by atoms with Gasteiger partial charge in [0.25, 0.3) is 0 Å². The number of pyridine rings is 2. The van der Waals surface area contributed by atoms with E-state index in [9.17, 15) is 10.1 Å². The van der Waals surface area contributed by atoms with Crippen LogP contribution in [-0.4, -0.2) is 34.0 Å². The maximum absolute atomic E-state index is 11.3. The topological polar surface area (TPSA) is 105 Å². The number of hydrogen-bond donors (Lipinski definition) is 0. The minimum Gasteiger partial charge on any atom is -0.358 e. The summed E-state index contributed by atoms with van der Waals surface area (Å²) in [4.78, 5) is 27.6. The number of nitro groups is 1. The zero-order valence-electron chi connectivity index (χ0n) is 19.8. The molecule has 0 bridgehead atoms. The van der Waals surface area contributed by atoms with Gasteiger partial charge in [-0.3, -0.25) is 9.97 Å². The molecule has 0 unspecified atom stereocenters. The standard InChI is InChI=1S/C12H14N4O2.C12H15N3/c1-8(2)11-12(16(17)18)15(9(3)14-11)10-4-6-13-7-5-10;1-9(2)12-8-15(10(3)14-12)11-4-6-13-7-5-11/h4-8H,1-3H3;4-9H,1-3H3. The quantitative estimate of drug-likeness (QED) is 0.303. The van der Waals surface area contributed by atoms with E-state index in [1.807, 2.05) is 32.9 Å². The van der Waals surface area contributed by atoms with Crippen molar-refractivity contribution in [3.8, 4) is 11.4 Å². The molecule has 0 atom stereocenters. The van der Waals surface area contributed by atoms with Crippen LogP contribution in [0.1, 0.15) is 62.6 Å². The third-order valence-corrected chi connectivity index (χ3v) is 5.12. The Morgan fingerprint density at radius 1 is 0.818 bits per heavy atom. The smallest absolute Gasteiger partial charge is 0.351 e. The summed E-state index contributed by atoms with van der Waals surface area (Å²) in [5, 5.41) is 11.3. The highest BCUT2D eigenvalue weighted by Crippen LogP contribution is 2.29. The molecule has 0 spiro atoms. The second-order valence-electron chi connectivity index (χ2n) is 8.26. The maximum atomic E-state index is 11.3. The van der Waals surface area contributed by atoms with Crippen LogP contribution in [-0.2, 0) is 0 Å². The number of rotatable bonds is 5. The first kappa shape index (κ1) is 23.8. The molecule has 4 heterocycles. The van der Waals surface area contributed by atoms with Gasteiger partial charge in [-0.05, 0) is 29.9 Å². The average molecular weight is 448 g/mol. The molecular weight excluding hydrogens is 418 g/mol. The zero-order chi connectivity index (χ0) is 24.1. The first-order valence-corrected chi connectivity index (χ1v) is 10.8. The van der Waals surface area contributed by atoms with Crippen LogP contribution in [0.5, 0.6) is 0 Å². The second-order valence-corrected chi connectivity index (χ2v) is 8.26. The molecule has 0 saturated heterocycles. The highest BCUT2D eigenvalue weighted by atomic mass is 16.6. The third-order valence-electron chi connectivity index (χ3n) is 5.12. The summed E-state index contributed by atoms with van der Waals surface area (Å²) in [6, 6.07) is 7.43. The molecule has 33 heavy (non-hydrogen) atoms. The van der Waals surface area contributed by atoms with Crippen molar-refractivity contribution < 1.29 is 4.92 Å². The molecule has 9 heteroatoms. The van der Waals surface area contributed by atoms with E-state index in [4.69, 9.17) is 0 Å². The third kappa shape index (κ3) is 5.31. The van der Waals surface area contributed by atoms with E-state index in [0.717, 1.165) is 17.2 Å². The van der Waals surface area contributed by atoms with Gasteiger partial charge in [0, 0.05) is 61.6 Å². The lowest BCUT2D eigenvalue weighted by atomic mass is 10.1. The van der Waals surface area contributed by atoms with E-state index in [2.05, 4.69) is 44.5 Å². The van der Waals surface area contributed by atoms with Gasteiger partial charge in [0.2, 0.25) is 0 Å². The summed E-state index contributed by atoms with van der Waals surface area (Å²) in [6.45, 7) is 11.9. The highest BCUT2D eigenvalue weighted by molar-refractivity contribution is 5.44. The molecular formula is C24H29N7O2. The van der Waals surface area contributed by atoms with Crippen LogP contribution in [0.25, 0.3) is 11.4 Å². The van der Waals surface area contributed by atoms with Gasteiger partial charge < -0.3 is 14.7 Å². The van der Waals surface area contributed by atoms with Crippen molar-refractivity contribution in [2.75, 3.05) is 0 Å². The minimum atomic E-state index is -0.379. The first-order valence-electron chi connectivity index (χ1n) is 10.8. The molecule has 0 aliphatic carbocycles. The Balaban J connectivity index is 0.000000189. The Hall–Kier alpha value is -3.88. The normalized spacial score (nSPS) is 10.9. The highest BCUT2D eigenvalue weighted by Gasteiger charge is 2.28. The maximum Gasteiger partial charge on any atom is 0.351 e. The fourth-order valence-electron chi connectivity index (χ4n) is 3.45. The van der Waals surface area contributed by atoms with E-state index in [1.54, 1.807) is 48.4 Å². The van der Waals surface area contributed by atoms with Gasteiger partial charge in [-0.15, -0.1) is 0 Å². The Morgan fingerprint density at radius 3 is 1.82 bits per heavy atom. The summed E-state index contributed by atoms with van der Waals surface area (Å²) in [6.07, 6.45) is 8.89. The first-order chi connectivity index (χ1) is 15.7. The number of aromatic nitrogens is 6. The molecule has 0 aliphatic rings. The van der Waals surface area contributed by atoms with Crippen LogP contribution in [0.3, 0.4) is 0 Å². The van der Waals surface area contributed by atoms with Crippen molar-refractivity contribution >= 4 is 5.82 Å². The molecule has 0 fully saturated rings. The lowest BCUT2D eigenvalue weighted by Gasteiger charge is -2.04. The Bertz CT molecular complexity index is 1210. The molecule has 4 aromatic heterocycles. The molecule has 0 radical (unpaired) electrons. The molecule has 4 rings (SSSR count). The van der Waals surface area contributed by atoms with Crippen molar-refractivity contribution in [2.45, 2.75) is 53.4 Å². The molecule has 4 aromatic rings. The number of imidazole rings is 2. The van der Waals surface area contributed by atoms with E-state index in [1.165, 1.54) is 0 Å². The summed E-state index contributed by atoms with van der Waals surface area (Å²) < 4.78 is 3.65. The Morgan fingerprint density at radius 2 is 1.36 bits per heavy atom. The van der Waals surface area contributed by atoms with Crippen LogP contribution in [0, 0.1) is 24.0 Å². The van der Waals surface area contributed by atoms with Crippen molar-refractivity contribution in [1.29, 1.82) is 0 Å². The van der Waals surface area contributed by atoms with Crippen LogP contribution in [0.2, 0.25) is 0 Å². The van der Waals surface area contributed by atoms with Crippen molar-refractivity contribution in [3.05, 3.63) is 88.4 Å². The van der Waals surface area contributed by atoms with E-state index in [-0.39, 0.29) is 16.7 Å². The fraction of sp³-hybridized carbons (Fsp3) is 0.333. The van der Waals surface area contributed by atoms with Gasteiger partial charge >= 0.3 is 5.82 Å². The molecule has 0 aliphatic heterocycles. The zero-order valence-corrected chi connectivity index (χ0v) is 19.8. The summed E-state index contributed by atoms with van der Waals surface area (Å²) >= 11 is 0. The van der Waals surface area contributed by atoms with Crippen LogP contribution < -0.4 is 0 Å². The predicted octanol–water partition coefficient (Wildman–Crippen LogP) is 5.31. The molecule has 0 saturated carbocycles. The SMILES string of the molecule is Cc1nc(C(C)C)c([N+](=O)[O-])n1-c1ccncc1.Cc1nc(C(C)C)cn1-c1ccncc1. The van der Waals surface area contributed by atoms with Gasteiger partial charge in [-0.1, -0.05) is 27.7 Å². The molecule has 9 nitrogen and oxygen atoms in total. The number of aryl methyl sites for hydroxylation is 2. The van der Waals surface area contributed by atoms with Crippen molar-refractivity contribution in [1.82, 2.24) is 29.1 Å². The lowest BCUT2D eigenvalue weighted by Crippen LogP contribution is -2.04. The number of hydrogen-bond acceptors (Lipinski definition) is 6. The Kier molecular flexibility index (Phi) is 7.32. The summed E-state index contributed by atoms with van der Waals surface area (Å²) in [5.41, 5.74) is 3.45. The minimum absolute atomic E-state index is 0.00665. The van der Waals surface area contributed by atoms with E-state index in [0.29, 0.717) is 23.1 Å². The lowest BCUT2D eigenvalue weighted by molar-refractivity contribution is -0.391. The van der Waals surface area contributed by atoms with Gasteiger partial charge in [0.05, 0.1) is 5.69 Å². The predicted molar refractivity (Wildman–Crippen MR) is 127 cm³/mol. The van der Waals surface area contributed by atoms with Gasteiger partial charge in [-0.25, -0.2) is 9.97 Å². The van der Waals surface area contributed by atoms with Crippen LogP contribution in [0.4, 0.5) is 5.82 Å². The fourth-order valence-corrected chi connectivity index (χ4v) is 3.45. The van der Waals surface area contributed by atoms with Crippen LogP contribution >= 0.6 is 0 Å². The largest absolute Gasteiger partial charge is 0.358 e. The van der Waals surface area contributed by atoms with Crippen molar-refractivity contribution in [2.24, 2.45) is 0 Å². The average Bonchev–Trinajstić information content (AvgIpc) is 3.36. The van der Waals surface area contributed by atoms with Gasteiger partial charge in [-0.2, -0.15) is 4.57 Å². The molecule has 0 amide bonds. The van der Waals surface area contributed by atoms with E-state index < -0.39 is 0 Å². The molecule has 0 N–H and O–H groups in total. The monoisotopic (exact) mass is 447 g/mol. The Labute approximate surface area is 193 Å². The van der Waals surface area contributed by atoms with E-state index >= 15 is 0 Å².